The van der Waals surface area contributed by atoms with E-state index in [-0.39, 0.29) is 11.9 Å². The number of alkyl carbamates (subject to hydrolysis) is 1. The summed E-state index contributed by atoms with van der Waals surface area (Å²) in [6, 6.07) is 10.1. The summed E-state index contributed by atoms with van der Waals surface area (Å²) in [5.74, 6) is 0.0156. The van der Waals surface area contributed by atoms with Gasteiger partial charge in [0.05, 0.1) is 24.0 Å². The van der Waals surface area contributed by atoms with Crippen molar-refractivity contribution in [3.05, 3.63) is 53.3 Å². The van der Waals surface area contributed by atoms with Gasteiger partial charge in [0, 0.05) is 19.1 Å². The number of aromatic nitrogens is 2. The molecule has 2 amide bonds. The van der Waals surface area contributed by atoms with E-state index in [4.69, 9.17) is 4.74 Å². The molecule has 0 atom stereocenters. The van der Waals surface area contributed by atoms with Crippen molar-refractivity contribution in [2.45, 2.75) is 65.1 Å². The zero-order chi connectivity index (χ0) is 21.7. The van der Waals surface area contributed by atoms with Gasteiger partial charge in [-0.1, -0.05) is 37.3 Å². The Morgan fingerprint density at radius 2 is 1.83 bits per heavy atom. The highest BCUT2D eigenvalue weighted by Gasteiger charge is 2.28. The molecule has 1 aromatic carbocycles. The van der Waals surface area contributed by atoms with Gasteiger partial charge in [-0.25, -0.2) is 4.79 Å². The largest absolute Gasteiger partial charge is 0.444 e. The summed E-state index contributed by atoms with van der Waals surface area (Å²) >= 11 is 0. The van der Waals surface area contributed by atoms with E-state index in [9.17, 15) is 9.59 Å². The summed E-state index contributed by atoms with van der Waals surface area (Å²) in [6.45, 7) is 9.44. The molecule has 1 saturated heterocycles. The van der Waals surface area contributed by atoms with E-state index in [1.54, 1.807) is 6.20 Å². The average Bonchev–Trinajstić information content (AvgIpc) is 3.09. The number of likely N-dealkylation sites (tertiary alicyclic amines) is 1. The van der Waals surface area contributed by atoms with Crippen LogP contribution in [0.15, 0.2) is 36.5 Å². The van der Waals surface area contributed by atoms with E-state index in [1.807, 2.05) is 55.5 Å². The molecule has 0 spiro atoms. The summed E-state index contributed by atoms with van der Waals surface area (Å²) in [6.07, 6.45) is 3.46. The third kappa shape index (κ3) is 5.62. The van der Waals surface area contributed by atoms with Crippen LogP contribution in [-0.2, 0) is 17.7 Å². The molecule has 1 aliphatic heterocycles. The Morgan fingerprint density at radius 1 is 1.17 bits per heavy atom. The first-order chi connectivity index (χ1) is 14.3. The number of rotatable bonds is 5. The number of amides is 2. The summed E-state index contributed by atoms with van der Waals surface area (Å²) in [5.41, 5.74) is 2.27. The number of hydrogen-bond donors (Lipinski definition) is 1. The van der Waals surface area contributed by atoms with E-state index < -0.39 is 11.7 Å². The molecule has 7 nitrogen and oxygen atoms in total. The van der Waals surface area contributed by atoms with Gasteiger partial charge in [-0.15, -0.1) is 0 Å². The van der Waals surface area contributed by atoms with E-state index >= 15 is 0 Å². The van der Waals surface area contributed by atoms with Crippen LogP contribution < -0.4 is 5.32 Å². The molecular formula is C23H32N4O3. The molecule has 30 heavy (non-hydrogen) atoms. The summed E-state index contributed by atoms with van der Waals surface area (Å²) < 4.78 is 7.24. The predicted molar refractivity (Wildman–Crippen MR) is 115 cm³/mol. The van der Waals surface area contributed by atoms with Crippen LogP contribution in [0, 0.1) is 0 Å². The molecule has 0 unspecified atom stereocenters. The highest BCUT2D eigenvalue weighted by atomic mass is 16.6. The minimum atomic E-state index is -0.517. The SMILES string of the molecule is CCc1c(C(=O)N2CCC(NC(=O)OC(C)(C)C)CC2)cnn1Cc1ccccc1. The molecule has 0 radical (unpaired) electrons. The van der Waals surface area contributed by atoms with Crippen LogP contribution in [-0.4, -0.2) is 51.4 Å². The maximum absolute atomic E-state index is 13.1. The van der Waals surface area contributed by atoms with Crippen LogP contribution in [0.5, 0.6) is 0 Å². The lowest BCUT2D eigenvalue weighted by atomic mass is 10.0. The van der Waals surface area contributed by atoms with Crippen molar-refractivity contribution in [2.24, 2.45) is 0 Å². The van der Waals surface area contributed by atoms with Gasteiger partial charge in [0.15, 0.2) is 0 Å². The van der Waals surface area contributed by atoms with Crippen LogP contribution in [0.4, 0.5) is 4.79 Å². The lowest BCUT2D eigenvalue weighted by Crippen LogP contribution is -2.47. The summed E-state index contributed by atoms with van der Waals surface area (Å²) in [7, 11) is 0. The van der Waals surface area contributed by atoms with Crippen molar-refractivity contribution in [3.8, 4) is 0 Å². The van der Waals surface area contributed by atoms with Crippen LogP contribution in [0.1, 0.15) is 62.2 Å². The lowest BCUT2D eigenvalue weighted by molar-refractivity contribution is 0.0473. The van der Waals surface area contributed by atoms with Crippen molar-refractivity contribution in [1.29, 1.82) is 0 Å². The number of piperidine rings is 1. The molecular weight excluding hydrogens is 380 g/mol. The molecule has 2 heterocycles. The maximum Gasteiger partial charge on any atom is 0.407 e. The number of benzene rings is 1. The molecule has 1 N–H and O–H groups in total. The van der Waals surface area contributed by atoms with Gasteiger partial charge in [0.25, 0.3) is 5.91 Å². The molecule has 1 aromatic heterocycles. The van der Waals surface area contributed by atoms with Crippen LogP contribution in [0.25, 0.3) is 0 Å². The molecule has 0 aliphatic carbocycles. The molecule has 2 aromatic rings. The minimum absolute atomic E-state index is 0.0156. The van der Waals surface area contributed by atoms with Gasteiger partial charge in [-0.2, -0.15) is 5.10 Å². The van der Waals surface area contributed by atoms with Crippen molar-refractivity contribution >= 4 is 12.0 Å². The Morgan fingerprint density at radius 3 is 2.43 bits per heavy atom. The van der Waals surface area contributed by atoms with Gasteiger partial charge in [0.2, 0.25) is 0 Å². The highest BCUT2D eigenvalue weighted by Crippen LogP contribution is 2.19. The van der Waals surface area contributed by atoms with Crippen molar-refractivity contribution in [1.82, 2.24) is 20.0 Å². The number of nitrogens with zero attached hydrogens (tertiary/aromatic N) is 3. The fraction of sp³-hybridized carbons (Fsp3) is 0.522. The number of hydrogen-bond acceptors (Lipinski definition) is 4. The van der Waals surface area contributed by atoms with Crippen LogP contribution >= 0.6 is 0 Å². The van der Waals surface area contributed by atoms with Crippen molar-refractivity contribution in [2.75, 3.05) is 13.1 Å². The Labute approximate surface area is 178 Å². The lowest BCUT2D eigenvalue weighted by Gasteiger charge is -2.33. The number of carbonyl (C=O) groups is 2. The third-order valence-electron chi connectivity index (χ3n) is 5.19. The van der Waals surface area contributed by atoms with Crippen molar-refractivity contribution < 1.29 is 14.3 Å². The fourth-order valence-electron chi connectivity index (χ4n) is 3.73. The smallest absolute Gasteiger partial charge is 0.407 e. The third-order valence-corrected chi connectivity index (χ3v) is 5.19. The second-order valence-corrected chi connectivity index (χ2v) is 8.71. The van der Waals surface area contributed by atoms with Gasteiger partial charge in [0.1, 0.15) is 5.60 Å². The number of nitrogens with one attached hydrogen (secondary N) is 1. The summed E-state index contributed by atoms with van der Waals surface area (Å²) in [4.78, 5) is 27.0. The molecule has 0 saturated carbocycles. The first-order valence-corrected chi connectivity index (χ1v) is 10.6. The molecule has 162 valence electrons. The van der Waals surface area contributed by atoms with Crippen LogP contribution in [0.3, 0.4) is 0 Å². The standard InChI is InChI=1S/C23H32N4O3/c1-5-20-19(15-24-27(20)16-17-9-7-6-8-10-17)21(28)26-13-11-18(12-14-26)25-22(29)30-23(2,3)4/h6-10,15,18H,5,11-14,16H2,1-4H3,(H,25,29). The normalized spacial score (nSPS) is 15.1. The van der Waals surface area contributed by atoms with Gasteiger partial charge in [-0.3, -0.25) is 9.48 Å². The topological polar surface area (TPSA) is 76.5 Å². The maximum atomic E-state index is 13.1. The molecule has 7 heteroatoms. The van der Waals surface area contributed by atoms with E-state index in [0.29, 0.717) is 38.0 Å². The minimum Gasteiger partial charge on any atom is -0.444 e. The van der Waals surface area contributed by atoms with Crippen molar-refractivity contribution in [3.63, 3.8) is 0 Å². The quantitative estimate of drug-likeness (QED) is 0.814. The Balaban J connectivity index is 1.59. The van der Waals surface area contributed by atoms with E-state index in [1.165, 1.54) is 0 Å². The van der Waals surface area contributed by atoms with E-state index in [0.717, 1.165) is 17.7 Å². The first-order valence-electron chi connectivity index (χ1n) is 10.6. The highest BCUT2D eigenvalue weighted by molar-refractivity contribution is 5.95. The molecule has 1 aliphatic rings. The van der Waals surface area contributed by atoms with E-state index in [2.05, 4.69) is 22.5 Å². The zero-order valence-electron chi connectivity index (χ0n) is 18.4. The van der Waals surface area contributed by atoms with Gasteiger partial charge < -0.3 is 15.0 Å². The second-order valence-electron chi connectivity index (χ2n) is 8.71. The average molecular weight is 413 g/mol. The van der Waals surface area contributed by atoms with Gasteiger partial charge in [-0.05, 0) is 45.6 Å². The molecule has 0 bridgehead atoms. The molecule has 3 rings (SSSR count). The Bertz CT molecular complexity index is 862. The fourth-order valence-corrected chi connectivity index (χ4v) is 3.73. The number of carbonyl (C=O) groups excluding carboxylic acids is 2. The van der Waals surface area contributed by atoms with Gasteiger partial charge >= 0.3 is 6.09 Å². The Kier molecular flexibility index (Phi) is 6.80. The first kappa shape index (κ1) is 21.9. The Hall–Kier alpha value is -2.83. The van der Waals surface area contributed by atoms with Crippen LogP contribution in [0.2, 0.25) is 0 Å². The second kappa shape index (κ2) is 9.32. The number of ether oxygens (including phenoxy) is 1. The molecule has 1 fully saturated rings. The monoisotopic (exact) mass is 412 g/mol. The summed E-state index contributed by atoms with van der Waals surface area (Å²) in [5, 5.41) is 7.40. The predicted octanol–water partition coefficient (Wildman–Crippen LogP) is 3.62. The zero-order valence-corrected chi connectivity index (χ0v) is 18.4.